The highest BCUT2D eigenvalue weighted by molar-refractivity contribution is 6.32. The van der Waals surface area contributed by atoms with Crippen LogP contribution in [0.1, 0.15) is 17.3 Å². The second kappa shape index (κ2) is 5.65. The molecule has 3 nitrogen and oxygen atoms in total. The van der Waals surface area contributed by atoms with Gasteiger partial charge in [-0.05, 0) is 25.1 Å². The van der Waals surface area contributed by atoms with Crippen molar-refractivity contribution >= 4 is 17.6 Å². The van der Waals surface area contributed by atoms with Crippen LogP contribution in [0.4, 0.5) is 8.78 Å². The highest BCUT2D eigenvalue weighted by atomic mass is 35.5. The predicted molar refractivity (Wildman–Crippen MR) is 54.0 cm³/mol. The fraction of sp³-hybridized carbons (Fsp3) is 0.300. The lowest BCUT2D eigenvalue weighted by Crippen LogP contribution is -2.06. The average Bonchev–Trinajstić information content (AvgIpc) is 2.20. The third-order valence-corrected chi connectivity index (χ3v) is 1.95. The summed E-state index contributed by atoms with van der Waals surface area (Å²) in [6.07, 6.45) is 0. The van der Waals surface area contributed by atoms with Crippen LogP contribution >= 0.6 is 11.6 Å². The van der Waals surface area contributed by atoms with Gasteiger partial charge in [-0.15, -0.1) is 0 Å². The van der Waals surface area contributed by atoms with Crippen molar-refractivity contribution in [3.63, 3.8) is 0 Å². The normalized spacial score (nSPS) is 10.3. The van der Waals surface area contributed by atoms with Gasteiger partial charge in [0, 0.05) is 0 Å². The molecule has 0 aliphatic carbocycles. The van der Waals surface area contributed by atoms with Gasteiger partial charge in [-0.3, -0.25) is 0 Å². The predicted octanol–water partition coefficient (Wildman–Crippen LogP) is 3.12. The Morgan fingerprint density at radius 3 is 2.69 bits per heavy atom. The summed E-state index contributed by atoms with van der Waals surface area (Å²) in [6.45, 7) is -1.06. The Bertz CT molecular complexity index is 382. The van der Waals surface area contributed by atoms with Crippen LogP contribution in [0, 0.1) is 0 Å². The minimum absolute atomic E-state index is 0.0640. The molecule has 0 N–H and O–H groups in total. The zero-order chi connectivity index (χ0) is 12.1. The summed E-state index contributed by atoms with van der Waals surface area (Å²) in [7, 11) is 0. The summed E-state index contributed by atoms with van der Waals surface area (Å²) < 4.78 is 32.7. The molecule has 0 bridgehead atoms. The summed E-state index contributed by atoms with van der Waals surface area (Å²) in [4.78, 5) is 11.3. The van der Waals surface area contributed by atoms with Crippen molar-refractivity contribution in [3.05, 3.63) is 28.8 Å². The third kappa shape index (κ3) is 3.34. The van der Waals surface area contributed by atoms with Gasteiger partial charge >= 0.3 is 12.6 Å². The number of hydrogen-bond acceptors (Lipinski definition) is 3. The number of esters is 1. The lowest BCUT2D eigenvalue weighted by molar-refractivity contribution is -0.0497. The number of alkyl halides is 2. The Morgan fingerprint density at radius 2 is 2.19 bits per heavy atom. The molecule has 88 valence electrons. The van der Waals surface area contributed by atoms with Crippen LogP contribution in [0.5, 0.6) is 5.75 Å². The summed E-state index contributed by atoms with van der Waals surface area (Å²) >= 11 is 5.65. The second-order valence-electron chi connectivity index (χ2n) is 2.74. The molecular formula is C10H9ClF2O3. The van der Waals surface area contributed by atoms with Crippen LogP contribution < -0.4 is 4.74 Å². The quantitative estimate of drug-likeness (QED) is 0.770. The van der Waals surface area contributed by atoms with Crippen LogP contribution in [0.3, 0.4) is 0 Å². The SMILES string of the molecule is CCOC(=O)c1ccc(OC(F)F)c(Cl)c1. The molecule has 0 aromatic heterocycles. The van der Waals surface area contributed by atoms with Gasteiger partial charge in [0.25, 0.3) is 0 Å². The van der Waals surface area contributed by atoms with Gasteiger partial charge in [-0.2, -0.15) is 8.78 Å². The molecule has 0 radical (unpaired) electrons. The molecule has 0 spiro atoms. The Labute approximate surface area is 95.9 Å². The van der Waals surface area contributed by atoms with Gasteiger partial charge in [0.05, 0.1) is 17.2 Å². The van der Waals surface area contributed by atoms with Gasteiger partial charge in [-0.1, -0.05) is 11.6 Å². The van der Waals surface area contributed by atoms with Gasteiger partial charge in [-0.25, -0.2) is 4.79 Å². The first-order valence-corrected chi connectivity index (χ1v) is 4.84. The average molecular weight is 251 g/mol. The van der Waals surface area contributed by atoms with Crippen molar-refractivity contribution in [1.82, 2.24) is 0 Å². The monoisotopic (exact) mass is 250 g/mol. The summed E-state index contributed by atoms with van der Waals surface area (Å²) in [6, 6.07) is 3.72. The fourth-order valence-corrected chi connectivity index (χ4v) is 1.26. The van der Waals surface area contributed by atoms with Crippen molar-refractivity contribution in [3.8, 4) is 5.75 Å². The minimum atomic E-state index is -2.95. The maximum atomic E-state index is 11.9. The minimum Gasteiger partial charge on any atom is -0.462 e. The van der Waals surface area contributed by atoms with Crippen LogP contribution in [0.15, 0.2) is 18.2 Å². The van der Waals surface area contributed by atoms with E-state index in [4.69, 9.17) is 16.3 Å². The molecule has 0 saturated carbocycles. The van der Waals surface area contributed by atoms with Crippen molar-refractivity contribution in [1.29, 1.82) is 0 Å². The molecular weight excluding hydrogens is 242 g/mol. The number of halogens is 3. The third-order valence-electron chi connectivity index (χ3n) is 1.66. The first-order chi connectivity index (χ1) is 7.54. The smallest absolute Gasteiger partial charge is 0.387 e. The number of ether oxygens (including phenoxy) is 2. The summed E-state index contributed by atoms with van der Waals surface area (Å²) in [5.41, 5.74) is 0.188. The number of benzene rings is 1. The van der Waals surface area contributed by atoms with E-state index in [1.54, 1.807) is 6.92 Å². The van der Waals surface area contributed by atoms with Gasteiger partial charge in [0.15, 0.2) is 0 Å². The highest BCUT2D eigenvalue weighted by Gasteiger charge is 2.12. The molecule has 0 unspecified atom stereocenters. The van der Waals surface area contributed by atoms with Gasteiger partial charge in [0.2, 0.25) is 0 Å². The molecule has 1 aromatic carbocycles. The zero-order valence-corrected chi connectivity index (χ0v) is 9.13. The van der Waals surface area contributed by atoms with Crippen LogP contribution in [-0.4, -0.2) is 19.2 Å². The van der Waals surface area contributed by atoms with Crippen LogP contribution in [0.2, 0.25) is 5.02 Å². The van der Waals surface area contributed by atoms with Crippen molar-refractivity contribution in [2.45, 2.75) is 13.5 Å². The second-order valence-corrected chi connectivity index (χ2v) is 3.15. The summed E-state index contributed by atoms with van der Waals surface area (Å²) in [5.74, 6) is -0.738. The maximum Gasteiger partial charge on any atom is 0.387 e. The largest absolute Gasteiger partial charge is 0.462 e. The van der Waals surface area contributed by atoms with Crippen LogP contribution in [-0.2, 0) is 4.74 Å². The van der Waals surface area contributed by atoms with E-state index < -0.39 is 12.6 Å². The first-order valence-electron chi connectivity index (χ1n) is 4.46. The molecule has 16 heavy (non-hydrogen) atoms. The topological polar surface area (TPSA) is 35.5 Å². The molecule has 0 aliphatic heterocycles. The fourth-order valence-electron chi connectivity index (χ4n) is 1.03. The lowest BCUT2D eigenvalue weighted by Gasteiger charge is -2.07. The van der Waals surface area contributed by atoms with Gasteiger partial charge < -0.3 is 9.47 Å². The Hall–Kier alpha value is -1.36. The molecule has 0 fully saturated rings. The van der Waals surface area contributed by atoms with Crippen molar-refractivity contribution in [2.24, 2.45) is 0 Å². The van der Waals surface area contributed by atoms with E-state index in [0.29, 0.717) is 0 Å². The highest BCUT2D eigenvalue weighted by Crippen LogP contribution is 2.27. The lowest BCUT2D eigenvalue weighted by atomic mass is 10.2. The maximum absolute atomic E-state index is 11.9. The molecule has 1 aromatic rings. The number of hydrogen-bond donors (Lipinski definition) is 0. The molecule has 0 heterocycles. The Kier molecular flexibility index (Phi) is 4.49. The molecule has 6 heteroatoms. The van der Waals surface area contributed by atoms with E-state index in [9.17, 15) is 13.6 Å². The summed E-state index contributed by atoms with van der Waals surface area (Å²) in [5, 5.41) is -0.0640. The Morgan fingerprint density at radius 1 is 1.50 bits per heavy atom. The molecule has 0 atom stereocenters. The van der Waals surface area contributed by atoms with E-state index in [1.807, 2.05) is 0 Å². The van der Waals surface area contributed by atoms with E-state index >= 15 is 0 Å². The molecule has 1 rings (SSSR count). The Balaban J connectivity index is 2.86. The molecule has 0 amide bonds. The van der Waals surface area contributed by atoms with E-state index in [1.165, 1.54) is 18.2 Å². The van der Waals surface area contributed by atoms with Crippen LogP contribution in [0.25, 0.3) is 0 Å². The number of rotatable bonds is 4. The first kappa shape index (κ1) is 12.7. The van der Waals surface area contributed by atoms with Crippen molar-refractivity contribution in [2.75, 3.05) is 6.61 Å². The molecule has 0 saturated heterocycles. The van der Waals surface area contributed by atoms with Crippen molar-refractivity contribution < 1.29 is 23.0 Å². The van der Waals surface area contributed by atoms with E-state index in [2.05, 4.69) is 4.74 Å². The van der Waals surface area contributed by atoms with Gasteiger partial charge in [0.1, 0.15) is 5.75 Å². The van der Waals surface area contributed by atoms with E-state index in [-0.39, 0.29) is 22.9 Å². The molecule has 0 aliphatic rings. The number of carbonyl (C=O) groups excluding carboxylic acids is 1. The number of carbonyl (C=O) groups is 1. The zero-order valence-electron chi connectivity index (χ0n) is 8.38. The standard InChI is InChI=1S/C10H9ClF2O3/c1-2-15-9(14)6-3-4-8(7(11)5-6)16-10(12)13/h3-5,10H,2H2,1H3. The van der Waals surface area contributed by atoms with E-state index in [0.717, 1.165) is 0 Å².